The van der Waals surface area contributed by atoms with Crippen molar-refractivity contribution in [1.29, 1.82) is 0 Å². The van der Waals surface area contributed by atoms with Crippen LogP contribution in [0.1, 0.15) is 18.4 Å². The molecule has 0 radical (unpaired) electrons. The first-order valence-corrected chi connectivity index (χ1v) is 7.61. The first-order valence-electron chi connectivity index (χ1n) is 7.61. The topological polar surface area (TPSA) is 30.5 Å². The van der Waals surface area contributed by atoms with Crippen LogP contribution in [0.5, 0.6) is 11.5 Å². The van der Waals surface area contributed by atoms with E-state index in [-0.39, 0.29) is 0 Å². The summed E-state index contributed by atoms with van der Waals surface area (Å²) in [6, 6.07) is 15.5. The normalized spacial score (nSPS) is 16.8. The maximum atomic E-state index is 5.69. The predicted molar refractivity (Wildman–Crippen MR) is 82.7 cm³/mol. The van der Waals surface area contributed by atoms with Gasteiger partial charge in [-0.3, -0.25) is 0 Å². The van der Waals surface area contributed by atoms with Gasteiger partial charge in [-0.1, -0.05) is 30.3 Å². The lowest BCUT2D eigenvalue weighted by Crippen LogP contribution is -2.16. The van der Waals surface area contributed by atoms with Crippen molar-refractivity contribution in [2.24, 2.45) is 0 Å². The number of hydrogen-bond donors (Lipinski definition) is 1. The van der Waals surface area contributed by atoms with E-state index in [0.717, 1.165) is 24.1 Å². The Labute approximate surface area is 124 Å². The lowest BCUT2D eigenvalue weighted by Gasteiger charge is -2.19. The van der Waals surface area contributed by atoms with Crippen molar-refractivity contribution in [2.45, 2.75) is 25.4 Å². The largest absolute Gasteiger partial charge is 0.486 e. The summed E-state index contributed by atoms with van der Waals surface area (Å²) in [5.74, 6) is 1.70. The fourth-order valence-corrected chi connectivity index (χ4v) is 2.71. The van der Waals surface area contributed by atoms with Crippen LogP contribution in [0.3, 0.4) is 0 Å². The van der Waals surface area contributed by atoms with Crippen molar-refractivity contribution in [1.82, 2.24) is 5.32 Å². The SMILES string of the molecule is c1ccc(-c2ccc3c(c2)OCCO3)c(CNC2CC2)c1. The summed E-state index contributed by atoms with van der Waals surface area (Å²) in [5, 5.41) is 3.59. The Hall–Kier alpha value is -2.00. The molecular formula is C18H19NO2. The Bertz CT molecular complexity index is 649. The minimum absolute atomic E-state index is 0.626. The van der Waals surface area contributed by atoms with Crippen LogP contribution in [0.2, 0.25) is 0 Å². The zero-order chi connectivity index (χ0) is 14.1. The highest BCUT2D eigenvalue weighted by Gasteiger charge is 2.20. The summed E-state index contributed by atoms with van der Waals surface area (Å²) in [6.45, 7) is 2.19. The van der Waals surface area contributed by atoms with Gasteiger partial charge in [-0.15, -0.1) is 0 Å². The Morgan fingerprint density at radius 1 is 0.952 bits per heavy atom. The van der Waals surface area contributed by atoms with Crippen molar-refractivity contribution in [3.8, 4) is 22.6 Å². The molecule has 21 heavy (non-hydrogen) atoms. The second kappa shape index (κ2) is 5.41. The minimum atomic E-state index is 0.626. The van der Waals surface area contributed by atoms with Crippen molar-refractivity contribution < 1.29 is 9.47 Å². The van der Waals surface area contributed by atoms with Crippen molar-refractivity contribution >= 4 is 0 Å². The fourth-order valence-electron chi connectivity index (χ4n) is 2.71. The predicted octanol–water partition coefficient (Wildman–Crippen LogP) is 3.38. The molecule has 1 aliphatic heterocycles. The molecule has 3 nitrogen and oxygen atoms in total. The van der Waals surface area contributed by atoms with E-state index in [4.69, 9.17) is 9.47 Å². The smallest absolute Gasteiger partial charge is 0.161 e. The highest BCUT2D eigenvalue weighted by atomic mass is 16.6. The van der Waals surface area contributed by atoms with Gasteiger partial charge in [0.15, 0.2) is 11.5 Å². The van der Waals surface area contributed by atoms with E-state index in [1.807, 2.05) is 6.07 Å². The molecule has 0 spiro atoms. The van der Waals surface area contributed by atoms with E-state index in [1.54, 1.807) is 0 Å². The van der Waals surface area contributed by atoms with Crippen LogP contribution >= 0.6 is 0 Å². The van der Waals surface area contributed by atoms with E-state index in [9.17, 15) is 0 Å². The quantitative estimate of drug-likeness (QED) is 0.932. The molecule has 1 saturated carbocycles. The zero-order valence-electron chi connectivity index (χ0n) is 12.0. The zero-order valence-corrected chi connectivity index (χ0v) is 12.0. The van der Waals surface area contributed by atoms with Gasteiger partial charge < -0.3 is 14.8 Å². The third kappa shape index (κ3) is 2.74. The second-order valence-corrected chi connectivity index (χ2v) is 5.67. The van der Waals surface area contributed by atoms with Gasteiger partial charge in [0.05, 0.1) is 0 Å². The van der Waals surface area contributed by atoms with Gasteiger partial charge in [0.1, 0.15) is 13.2 Å². The molecule has 0 unspecified atom stereocenters. The molecule has 1 N–H and O–H groups in total. The number of ether oxygens (including phenoxy) is 2. The number of nitrogens with one attached hydrogen (secondary N) is 1. The third-order valence-electron chi connectivity index (χ3n) is 4.03. The monoisotopic (exact) mass is 281 g/mol. The van der Waals surface area contributed by atoms with Gasteiger partial charge in [0.25, 0.3) is 0 Å². The number of hydrogen-bond acceptors (Lipinski definition) is 3. The molecule has 2 aliphatic rings. The molecule has 0 bridgehead atoms. The summed E-state index contributed by atoms with van der Waals surface area (Å²) in [5.41, 5.74) is 3.79. The molecule has 1 heterocycles. The van der Waals surface area contributed by atoms with Crippen LogP contribution in [0.25, 0.3) is 11.1 Å². The van der Waals surface area contributed by atoms with Gasteiger partial charge >= 0.3 is 0 Å². The Kier molecular flexibility index (Phi) is 3.28. The highest BCUT2D eigenvalue weighted by molar-refractivity contribution is 5.70. The van der Waals surface area contributed by atoms with Crippen molar-refractivity contribution in [3.05, 3.63) is 48.0 Å². The van der Waals surface area contributed by atoms with Gasteiger partial charge in [-0.25, -0.2) is 0 Å². The fraction of sp³-hybridized carbons (Fsp3) is 0.333. The van der Waals surface area contributed by atoms with Crippen molar-refractivity contribution in [3.63, 3.8) is 0 Å². The van der Waals surface area contributed by atoms with Crippen LogP contribution in [0.4, 0.5) is 0 Å². The van der Waals surface area contributed by atoms with Crippen LogP contribution in [0.15, 0.2) is 42.5 Å². The standard InChI is InChI=1S/C18H19NO2/c1-2-4-16(14(3-1)12-19-15-6-7-15)13-5-8-17-18(11-13)21-10-9-20-17/h1-5,8,11,15,19H,6-7,9-10,12H2. The first kappa shape index (κ1) is 12.7. The third-order valence-corrected chi connectivity index (χ3v) is 4.03. The Morgan fingerprint density at radius 2 is 1.76 bits per heavy atom. The molecular weight excluding hydrogens is 262 g/mol. The van der Waals surface area contributed by atoms with Crippen LogP contribution in [-0.2, 0) is 6.54 Å². The van der Waals surface area contributed by atoms with Gasteiger partial charge in [-0.2, -0.15) is 0 Å². The maximum Gasteiger partial charge on any atom is 0.161 e. The molecule has 1 fully saturated rings. The minimum Gasteiger partial charge on any atom is -0.486 e. The summed E-state index contributed by atoms with van der Waals surface area (Å²) >= 11 is 0. The number of fused-ring (bicyclic) bond motifs is 1. The molecule has 0 amide bonds. The molecule has 0 atom stereocenters. The maximum absolute atomic E-state index is 5.69. The molecule has 108 valence electrons. The van der Waals surface area contributed by atoms with E-state index >= 15 is 0 Å². The highest BCUT2D eigenvalue weighted by Crippen LogP contribution is 2.35. The lowest BCUT2D eigenvalue weighted by atomic mass is 9.99. The van der Waals surface area contributed by atoms with E-state index in [0.29, 0.717) is 13.2 Å². The van der Waals surface area contributed by atoms with Crippen LogP contribution in [-0.4, -0.2) is 19.3 Å². The Balaban J connectivity index is 1.65. The van der Waals surface area contributed by atoms with Crippen LogP contribution < -0.4 is 14.8 Å². The Morgan fingerprint density at radius 3 is 2.62 bits per heavy atom. The average molecular weight is 281 g/mol. The van der Waals surface area contributed by atoms with Gasteiger partial charge in [-0.05, 0) is 41.7 Å². The molecule has 1 aliphatic carbocycles. The summed E-state index contributed by atoms with van der Waals surface area (Å²) in [4.78, 5) is 0. The molecule has 3 heteroatoms. The van der Waals surface area contributed by atoms with Gasteiger partial charge in [0.2, 0.25) is 0 Å². The first-order chi connectivity index (χ1) is 10.4. The molecule has 2 aromatic rings. The van der Waals surface area contributed by atoms with E-state index in [1.165, 1.54) is 29.5 Å². The molecule has 0 saturated heterocycles. The van der Waals surface area contributed by atoms with E-state index in [2.05, 4.69) is 41.7 Å². The van der Waals surface area contributed by atoms with E-state index < -0.39 is 0 Å². The second-order valence-electron chi connectivity index (χ2n) is 5.67. The number of benzene rings is 2. The van der Waals surface area contributed by atoms with Gasteiger partial charge in [0, 0.05) is 12.6 Å². The molecule has 0 aromatic heterocycles. The molecule has 4 rings (SSSR count). The summed E-state index contributed by atoms with van der Waals surface area (Å²) in [7, 11) is 0. The number of rotatable bonds is 4. The molecule has 2 aromatic carbocycles. The summed E-state index contributed by atoms with van der Waals surface area (Å²) < 4.78 is 11.3. The summed E-state index contributed by atoms with van der Waals surface area (Å²) in [6.07, 6.45) is 2.62. The lowest BCUT2D eigenvalue weighted by molar-refractivity contribution is 0.171. The average Bonchev–Trinajstić information content (AvgIpc) is 3.37. The van der Waals surface area contributed by atoms with Crippen LogP contribution in [0, 0.1) is 0 Å². The van der Waals surface area contributed by atoms with Crippen molar-refractivity contribution in [2.75, 3.05) is 13.2 Å².